The molecule has 0 spiro atoms. The van der Waals surface area contributed by atoms with Crippen LogP contribution < -0.4 is 10.6 Å². The van der Waals surface area contributed by atoms with Gasteiger partial charge in [-0.25, -0.2) is 4.79 Å². The maximum atomic E-state index is 11.9. The second-order valence-corrected chi connectivity index (χ2v) is 5.70. The van der Waals surface area contributed by atoms with Crippen molar-refractivity contribution in [3.05, 3.63) is 29.8 Å². The number of amides is 1. The summed E-state index contributed by atoms with van der Waals surface area (Å²) in [6, 6.07) is 7.02. The smallest absolute Gasteiger partial charge is 0.339 e. The molecule has 0 saturated heterocycles. The molecule has 1 aromatic rings. The Hall–Kier alpha value is -2.04. The molecule has 1 aromatic carbocycles. The number of nitrogens with one attached hydrogen (secondary N) is 2. The lowest BCUT2D eigenvalue weighted by Gasteiger charge is -2.21. The third kappa shape index (κ3) is 4.76. The van der Waals surface area contributed by atoms with Gasteiger partial charge in [0, 0.05) is 12.2 Å². The first-order valence-electron chi connectivity index (χ1n) is 7.88. The monoisotopic (exact) mass is 304 g/mol. The van der Waals surface area contributed by atoms with Crippen molar-refractivity contribution in [1.82, 2.24) is 5.32 Å². The van der Waals surface area contributed by atoms with Crippen molar-refractivity contribution < 1.29 is 14.3 Å². The molecule has 0 bridgehead atoms. The molecule has 1 saturated carbocycles. The summed E-state index contributed by atoms with van der Waals surface area (Å²) in [5.41, 5.74) is 1.05. The van der Waals surface area contributed by atoms with Gasteiger partial charge in [0.25, 0.3) is 0 Å². The standard InChI is InChI=1S/C17H24N2O3/c1-22-17(21)14-9-5-6-10-15(14)18-12-16(20)19-11-13-7-3-2-4-8-13/h5-6,9-10,13,18H,2-4,7-8,11-12H2,1H3,(H,19,20). The fraction of sp³-hybridized carbons (Fsp3) is 0.529. The lowest BCUT2D eigenvalue weighted by Crippen LogP contribution is -2.34. The number of hydrogen-bond acceptors (Lipinski definition) is 4. The van der Waals surface area contributed by atoms with Crippen LogP contribution in [-0.2, 0) is 9.53 Å². The molecule has 0 radical (unpaired) electrons. The zero-order valence-electron chi connectivity index (χ0n) is 13.1. The Bertz CT molecular complexity index is 510. The van der Waals surface area contributed by atoms with E-state index in [2.05, 4.69) is 10.6 Å². The van der Waals surface area contributed by atoms with Gasteiger partial charge in [0.15, 0.2) is 0 Å². The van der Waals surface area contributed by atoms with E-state index in [-0.39, 0.29) is 12.5 Å². The molecule has 1 aliphatic carbocycles. The summed E-state index contributed by atoms with van der Waals surface area (Å²) in [4.78, 5) is 23.6. The van der Waals surface area contributed by atoms with Crippen molar-refractivity contribution in [2.24, 2.45) is 5.92 Å². The quantitative estimate of drug-likeness (QED) is 0.793. The summed E-state index contributed by atoms with van der Waals surface area (Å²) in [5, 5.41) is 5.97. The van der Waals surface area contributed by atoms with E-state index in [1.54, 1.807) is 18.2 Å². The number of methoxy groups -OCH3 is 1. The first-order valence-corrected chi connectivity index (χ1v) is 7.88. The average molecular weight is 304 g/mol. The molecule has 0 aliphatic heterocycles. The van der Waals surface area contributed by atoms with Crippen LogP contribution in [-0.4, -0.2) is 32.1 Å². The second kappa shape index (κ2) is 8.41. The minimum absolute atomic E-state index is 0.0507. The number of esters is 1. The molecule has 1 fully saturated rings. The highest BCUT2D eigenvalue weighted by molar-refractivity contribution is 5.96. The van der Waals surface area contributed by atoms with E-state index in [4.69, 9.17) is 4.74 Å². The Morgan fingerprint density at radius 3 is 2.64 bits per heavy atom. The number of rotatable bonds is 6. The predicted octanol–water partition coefficient (Wildman–Crippen LogP) is 2.58. The minimum Gasteiger partial charge on any atom is -0.465 e. The van der Waals surface area contributed by atoms with Crippen LogP contribution in [0.4, 0.5) is 5.69 Å². The van der Waals surface area contributed by atoms with Crippen molar-refractivity contribution in [2.45, 2.75) is 32.1 Å². The summed E-state index contributed by atoms with van der Waals surface area (Å²) in [5.74, 6) is 0.149. The van der Waals surface area contributed by atoms with E-state index < -0.39 is 5.97 Å². The molecule has 0 atom stereocenters. The van der Waals surface area contributed by atoms with Gasteiger partial charge >= 0.3 is 5.97 Å². The number of benzene rings is 1. The highest BCUT2D eigenvalue weighted by Gasteiger charge is 2.15. The molecule has 1 amide bonds. The summed E-state index contributed by atoms with van der Waals surface area (Å²) in [7, 11) is 1.34. The summed E-state index contributed by atoms with van der Waals surface area (Å²) >= 11 is 0. The Kier molecular flexibility index (Phi) is 6.25. The van der Waals surface area contributed by atoms with Crippen LogP contribution in [0.1, 0.15) is 42.5 Å². The van der Waals surface area contributed by atoms with Gasteiger partial charge in [0.05, 0.1) is 19.2 Å². The zero-order chi connectivity index (χ0) is 15.8. The lowest BCUT2D eigenvalue weighted by atomic mass is 9.89. The van der Waals surface area contributed by atoms with Gasteiger partial charge in [-0.2, -0.15) is 0 Å². The molecular formula is C17H24N2O3. The van der Waals surface area contributed by atoms with Gasteiger partial charge in [0.2, 0.25) is 5.91 Å². The zero-order valence-corrected chi connectivity index (χ0v) is 13.1. The highest BCUT2D eigenvalue weighted by atomic mass is 16.5. The first-order chi connectivity index (χ1) is 10.7. The van der Waals surface area contributed by atoms with E-state index in [0.29, 0.717) is 17.2 Å². The normalized spacial score (nSPS) is 15.1. The SMILES string of the molecule is COC(=O)c1ccccc1NCC(=O)NCC1CCCCC1. The Morgan fingerprint density at radius 1 is 1.18 bits per heavy atom. The molecule has 2 N–H and O–H groups in total. The van der Waals surface area contributed by atoms with Gasteiger partial charge < -0.3 is 15.4 Å². The number of para-hydroxylation sites is 1. The lowest BCUT2D eigenvalue weighted by molar-refractivity contribution is -0.119. The maximum absolute atomic E-state index is 11.9. The maximum Gasteiger partial charge on any atom is 0.339 e. The van der Waals surface area contributed by atoms with Gasteiger partial charge in [-0.1, -0.05) is 31.4 Å². The number of carbonyl (C=O) groups is 2. The van der Waals surface area contributed by atoms with Crippen LogP contribution >= 0.6 is 0 Å². The second-order valence-electron chi connectivity index (χ2n) is 5.70. The molecule has 1 aliphatic rings. The molecule has 0 aromatic heterocycles. The average Bonchev–Trinajstić information content (AvgIpc) is 2.58. The van der Waals surface area contributed by atoms with Crippen LogP contribution in [0.25, 0.3) is 0 Å². The van der Waals surface area contributed by atoms with Crippen molar-refractivity contribution in [2.75, 3.05) is 25.5 Å². The predicted molar refractivity (Wildman–Crippen MR) is 85.9 cm³/mol. The third-order valence-corrected chi connectivity index (χ3v) is 4.08. The minimum atomic E-state index is -0.411. The Balaban J connectivity index is 1.79. The van der Waals surface area contributed by atoms with Gasteiger partial charge in [0.1, 0.15) is 0 Å². The molecule has 0 heterocycles. The van der Waals surface area contributed by atoms with Gasteiger partial charge in [-0.15, -0.1) is 0 Å². The van der Waals surface area contributed by atoms with E-state index in [1.165, 1.54) is 39.2 Å². The topological polar surface area (TPSA) is 67.4 Å². The highest BCUT2D eigenvalue weighted by Crippen LogP contribution is 2.22. The third-order valence-electron chi connectivity index (χ3n) is 4.08. The number of hydrogen-bond donors (Lipinski definition) is 2. The number of anilines is 1. The summed E-state index contributed by atoms with van der Waals surface area (Å²) in [6.07, 6.45) is 6.27. The van der Waals surface area contributed by atoms with Crippen molar-refractivity contribution in [3.63, 3.8) is 0 Å². The fourth-order valence-corrected chi connectivity index (χ4v) is 2.81. The molecule has 2 rings (SSSR count). The first kappa shape index (κ1) is 16.3. The molecule has 120 valence electrons. The molecule has 0 unspecified atom stereocenters. The van der Waals surface area contributed by atoms with Crippen molar-refractivity contribution >= 4 is 17.6 Å². The van der Waals surface area contributed by atoms with E-state index >= 15 is 0 Å². The van der Waals surface area contributed by atoms with Gasteiger partial charge in [-0.05, 0) is 30.9 Å². The van der Waals surface area contributed by atoms with Crippen LogP contribution in [0.3, 0.4) is 0 Å². The Labute approximate surface area is 131 Å². The largest absolute Gasteiger partial charge is 0.465 e. The van der Waals surface area contributed by atoms with E-state index in [9.17, 15) is 9.59 Å². The molecule has 5 nitrogen and oxygen atoms in total. The van der Waals surface area contributed by atoms with Crippen LogP contribution in [0, 0.1) is 5.92 Å². The number of carbonyl (C=O) groups excluding carboxylic acids is 2. The fourth-order valence-electron chi connectivity index (χ4n) is 2.81. The van der Waals surface area contributed by atoms with Crippen LogP contribution in [0.2, 0.25) is 0 Å². The molecule has 5 heteroatoms. The molecule has 22 heavy (non-hydrogen) atoms. The molecular weight excluding hydrogens is 280 g/mol. The van der Waals surface area contributed by atoms with Crippen molar-refractivity contribution in [3.8, 4) is 0 Å². The van der Waals surface area contributed by atoms with Crippen molar-refractivity contribution in [1.29, 1.82) is 0 Å². The van der Waals surface area contributed by atoms with E-state index in [1.807, 2.05) is 6.07 Å². The van der Waals surface area contributed by atoms with Gasteiger partial charge in [-0.3, -0.25) is 4.79 Å². The summed E-state index contributed by atoms with van der Waals surface area (Å²) < 4.78 is 4.73. The van der Waals surface area contributed by atoms with Crippen LogP contribution in [0.15, 0.2) is 24.3 Å². The summed E-state index contributed by atoms with van der Waals surface area (Å²) in [6.45, 7) is 0.903. The van der Waals surface area contributed by atoms with Crippen LogP contribution in [0.5, 0.6) is 0 Å². The van der Waals surface area contributed by atoms with E-state index in [0.717, 1.165) is 6.54 Å². The Morgan fingerprint density at radius 2 is 1.91 bits per heavy atom. The number of ether oxygens (including phenoxy) is 1.